The molecule has 0 bridgehead atoms. The van der Waals surface area contributed by atoms with Crippen LogP contribution in [-0.2, 0) is 10.0 Å². The number of benzene rings is 2. The third-order valence-corrected chi connectivity index (χ3v) is 9.81. The Morgan fingerprint density at radius 1 is 1.03 bits per heavy atom. The minimum absolute atomic E-state index is 0.230. The number of aliphatic hydroxyl groups is 1. The normalized spacial score (nSPS) is 16.4. The van der Waals surface area contributed by atoms with E-state index < -0.39 is 16.1 Å². The Balaban J connectivity index is 1.19. The van der Waals surface area contributed by atoms with Crippen molar-refractivity contribution in [3.63, 3.8) is 0 Å². The lowest BCUT2D eigenvalue weighted by molar-refractivity contribution is 0.0465. The van der Waals surface area contributed by atoms with Crippen LogP contribution in [0, 0.1) is 34.6 Å². The second-order valence-corrected chi connectivity index (χ2v) is 12.9. The Morgan fingerprint density at radius 3 is 2.35 bits per heavy atom. The van der Waals surface area contributed by atoms with Gasteiger partial charge in [-0.1, -0.05) is 6.07 Å². The first-order valence-corrected chi connectivity index (χ1v) is 15.0. The van der Waals surface area contributed by atoms with Gasteiger partial charge in [-0.25, -0.2) is 18.1 Å². The quantitative estimate of drug-likeness (QED) is 0.403. The molecular weight excluding hydrogens is 508 g/mol. The molecule has 1 aliphatic rings. The highest BCUT2D eigenvalue weighted by atomic mass is 32.2. The molecule has 0 unspecified atom stereocenters. The molecule has 1 aliphatic heterocycles. The van der Waals surface area contributed by atoms with Gasteiger partial charge in [-0.15, -0.1) is 11.3 Å². The molecule has 2 N–H and O–H groups in total. The molecule has 37 heavy (non-hydrogen) atoms. The van der Waals surface area contributed by atoms with E-state index in [1.54, 1.807) is 11.3 Å². The molecule has 1 atom stereocenters. The number of hydrogen-bond acceptors (Lipinski definition) is 8. The van der Waals surface area contributed by atoms with E-state index in [1.807, 2.05) is 58.9 Å². The topological polar surface area (TPSA) is 95.0 Å². The maximum Gasteiger partial charge on any atom is 0.241 e. The number of rotatable bonds is 10. The standard InChI is InChI=1S/C27H38N4O4S2/c1-18-14-19(2)21(4)27(20(18)3)37(33,34)28-8-9-30-10-12-31(13-11-30)16-23(32)17-35-24-6-7-26-25(15-24)29-22(5)36-26/h6-7,14-15,23,28,32H,8-13,16-17H2,1-5H3/t23-/m1/s1. The molecule has 8 nitrogen and oxygen atoms in total. The Bertz CT molecular complexity index is 1320. The second kappa shape index (κ2) is 11.8. The minimum Gasteiger partial charge on any atom is -0.491 e. The highest BCUT2D eigenvalue weighted by molar-refractivity contribution is 7.89. The summed E-state index contributed by atoms with van der Waals surface area (Å²) < 4.78 is 35.8. The number of hydrogen-bond donors (Lipinski definition) is 2. The summed E-state index contributed by atoms with van der Waals surface area (Å²) in [5.74, 6) is 0.718. The smallest absolute Gasteiger partial charge is 0.241 e. The van der Waals surface area contributed by atoms with Crippen LogP contribution in [0.5, 0.6) is 5.75 Å². The fourth-order valence-electron chi connectivity index (χ4n) is 4.84. The van der Waals surface area contributed by atoms with Crippen molar-refractivity contribution in [2.75, 3.05) is 52.4 Å². The van der Waals surface area contributed by atoms with E-state index in [0.717, 1.165) is 69.4 Å². The monoisotopic (exact) mass is 546 g/mol. The average molecular weight is 547 g/mol. The van der Waals surface area contributed by atoms with Crippen LogP contribution in [0.3, 0.4) is 0 Å². The van der Waals surface area contributed by atoms with Gasteiger partial charge in [-0.2, -0.15) is 0 Å². The third-order valence-electron chi connectivity index (χ3n) is 7.13. The Kier molecular flexibility index (Phi) is 8.88. The van der Waals surface area contributed by atoms with Crippen LogP contribution in [0.2, 0.25) is 0 Å². The molecule has 0 spiro atoms. The van der Waals surface area contributed by atoms with Gasteiger partial charge in [0.05, 0.1) is 20.1 Å². The van der Waals surface area contributed by atoms with Gasteiger partial charge in [0.2, 0.25) is 10.0 Å². The van der Waals surface area contributed by atoms with E-state index in [-0.39, 0.29) is 6.61 Å². The van der Waals surface area contributed by atoms with Crippen LogP contribution in [0.1, 0.15) is 27.3 Å². The van der Waals surface area contributed by atoms with Gasteiger partial charge in [-0.3, -0.25) is 9.80 Å². The number of piperazine rings is 1. The first-order chi connectivity index (χ1) is 17.5. The molecular formula is C27H38N4O4S2. The highest BCUT2D eigenvalue weighted by Crippen LogP contribution is 2.26. The van der Waals surface area contributed by atoms with E-state index in [1.165, 1.54) is 0 Å². The largest absolute Gasteiger partial charge is 0.491 e. The number of nitrogens with zero attached hydrogens (tertiary/aromatic N) is 3. The Hall–Kier alpha value is -2.08. The molecule has 3 aromatic rings. The molecule has 1 fully saturated rings. The summed E-state index contributed by atoms with van der Waals surface area (Å²) in [4.78, 5) is 9.39. The predicted octanol–water partition coefficient (Wildman–Crippen LogP) is 3.17. The first kappa shape index (κ1) is 27.9. The van der Waals surface area contributed by atoms with E-state index in [0.29, 0.717) is 24.5 Å². The van der Waals surface area contributed by atoms with Gasteiger partial charge < -0.3 is 9.84 Å². The molecule has 0 saturated carbocycles. The maximum atomic E-state index is 13.0. The van der Waals surface area contributed by atoms with Crippen molar-refractivity contribution in [2.45, 2.75) is 45.6 Å². The number of ether oxygens (including phenoxy) is 1. The molecule has 4 rings (SSSR count). The minimum atomic E-state index is -3.57. The van der Waals surface area contributed by atoms with Crippen molar-refractivity contribution in [2.24, 2.45) is 0 Å². The number of aryl methyl sites for hydroxylation is 3. The van der Waals surface area contributed by atoms with Gasteiger partial charge in [0, 0.05) is 51.9 Å². The van der Waals surface area contributed by atoms with Crippen LogP contribution < -0.4 is 9.46 Å². The summed E-state index contributed by atoms with van der Waals surface area (Å²) in [6, 6.07) is 7.88. The van der Waals surface area contributed by atoms with Gasteiger partial charge in [0.25, 0.3) is 0 Å². The molecule has 0 aliphatic carbocycles. The molecule has 0 amide bonds. The number of aromatic nitrogens is 1. The van der Waals surface area contributed by atoms with Gasteiger partial charge in [0.1, 0.15) is 18.5 Å². The zero-order valence-corrected chi connectivity index (χ0v) is 24.0. The summed E-state index contributed by atoms with van der Waals surface area (Å²) in [7, 11) is -3.57. The number of fused-ring (bicyclic) bond motifs is 1. The highest BCUT2D eigenvalue weighted by Gasteiger charge is 2.23. The number of sulfonamides is 1. The SMILES string of the molecule is Cc1nc2cc(OC[C@H](O)CN3CCN(CCNS(=O)(=O)c4c(C)c(C)cc(C)c4C)CC3)ccc2s1. The van der Waals surface area contributed by atoms with Crippen molar-refractivity contribution in [1.82, 2.24) is 19.5 Å². The van der Waals surface area contributed by atoms with Crippen molar-refractivity contribution in [3.05, 3.63) is 51.5 Å². The van der Waals surface area contributed by atoms with Crippen LogP contribution in [0.4, 0.5) is 0 Å². The molecule has 2 aromatic carbocycles. The lowest BCUT2D eigenvalue weighted by Crippen LogP contribution is -2.50. The zero-order chi connectivity index (χ0) is 26.7. The predicted molar refractivity (Wildman–Crippen MR) is 149 cm³/mol. The van der Waals surface area contributed by atoms with Crippen LogP contribution >= 0.6 is 11.3 Å². The summed E-state index contributed by atoms with van der Waals surface area (Å²) in [6.45, 7) is 14.7. The fraction of sp³-hybridized carbons (Fsp3) is 0.519. The summed E-state index contributed by atoms with van der Waals surface area (Å²) in [5, 5.41) is 11.5. The van der Waals surface area contributed by atoms with E-state index in [2.05, 4.69) is 19.5 Å². The number of thiazole rings is 1. The number of aliphatic hydroxyl groups excluding tert-OH is 1. The Labute approximate surface area is 224 Å². The van der Waals surface area contributed by atoms with Gasteiger partial charge in [-0.05, 0) is 69.0 Å². The van der Waals surface area contributed by atoms with Crippen LogP contribution in [0.25, 0.3) is 10.2 Å². The van der Waals surface area contributed by atoms with Crippen molar-refractivity contribution >= 4 is 31.6 Å². The van der Waals surface area contributed by atoms with E-state index in [9.17, 15) is 13.5 Å². The summed E-state index contributed by atoms with van der Waals surface area (Å²) >= 11 is 1.65. The van der Waals surface area contributed by atoms with Crippen molar-refractivity contribution in [1.29, 1.82) is 0 Å². The van der Waals surface area contributed by atoms with Gasteiger partial charge >= 0.3 is 0 Å². The maximum absolute atomic E-state index is 13.0. The molecule has 1 saturated heterocycles. The lowest BCUT2D eigenvalue weighted by atomic mass is 10.0. The molecule has 202 valence electrons. The fourth-order valence-corrected chi connectivity index (χ4v) is 7.28. The van der Waals surface area contributed by atoms with Crippen molar-refractivity contribution in [3.8, 4) is 5.75 Å². The molecule has 2 heterocycles. The summed E-state index contributed by atoms with van der Waals surface area (Å²) in [6.07, 6.45) is -0.588. The third kappa shape index (κ3) is 6.87. The number of β-amino-alcohol motifs (C(OH)–C–C–N with tert-alkyl or cyclic N) is 1. The van der Waals surface area contributed by atoms with Crippen LogP contribution in [0.15, 0.2) is 29.2 Å². The first-order valence-electron chi connectivity index (χ1n) is 12.7. The van der Waals surface area contributed by atoms with Crippen molar-refractivity contribution < 1.29 is 18.3 Å². The second-order valence-electron chi connectivity index (χ2n) is 9.96. The van der Waals surface area contributed by atoms with Crippen LogP contribution in [-0.4, -0.2) is 86.8 Å². The Morgan fingerprint density at radius 2 is 1.68 bits per heavy atom. The van der Waals surface area contributed by atoms with E-state index in [4.69, 9.17) is 4.74 Å². The molecule has 0 radical (unpaired) electrons. The molecule has 10 heteroatoms. The lowest BCUT2D eigenvalue weighted by Gasteiger charge is -2.35. The number of nitrogens with one attached hydrogen (secondary N) is 1. The van der Waals surface area contributed by atoms with E-state index >= 15 is 0 Å². The summed E-state index contributed by atoms with van der Waals surface area (Å²) in [5.41, 5.74) is 4.52. The molecule has 1 aromatic heterocycles. The van der Waals surface area contributed by atoms with Gasteiger partial charge in [0.15, 0.2) is 0 Å². The average Bonchev–Trinajstić information content (AvgIpc) is 3.22. The zero-order valence-electron chi connectivity index (χ0n) is 22.4.